The third kappa shape index (κ3) is 2.41. The summed E-state index contributed by atoms with van der Waals surface area (Å²) in [6.45, 7) is 6.81. The second-order valence-electron chi connectivity index (χ2n) is 7.53. The van der Waals surface area contributed by atoms with Crippen LogP contribution in [-0.4, -0.2) is 14.1 Å². The highest BCUT2D eigenvalue weighted by Crippen LogP contribution is 2.31. The molecular weight excluding hydrogens is 326 g/mol. The molecule has 0 N–H and O–H groups in total. The molecule has 1 aliphatic rings. The van der Waals surface area contributed by atoms with E-state index in [1.54, 1.807) is 6.07 Å². The molecule has 1 fully saturated rings. The van der Waals surface area contributed by atoms with E-state index in [1.165, 1.54) is 0 Å². The summed E-state index contributed by atoms with van der Waals surface area (Å²) < 4.78 is 3.83. The first-order chi connectivity index (χ1) is 12.5. The van der Waals surface area contributed by atoms with Crippen molar-refractivity contribution in [2.24, 2.45) is 0 Å². The topological polar surface area (TPSA) is 56.9 Å². The molecule has 0 atom stereocenters. The lowest BCUT2D eigenvalue weighted by Gasteiger charge is -2.22. The van der Waals surface area contributed by atoms with E-state index in [2.05, 4.69) is 13.8 Å². The van der Waals surface area contributed by atoms with Gasteiger partial charge in [-0.15, -0.1) is 0 Å². The van der Waals surface area contributed by atoms with E-state index in [0.29, 0.717) is 17.6 Å². The molecule has 0 bridgehead atoms. The van der Waals surface area contributed by atoms with Gasteiger partial charge in [-0.25, -0.2) is 4.98 Å². The molecular formula is C21H25N3O2. The second kappa shape index (κ2) is 6.38. The molecule has 2 aromatic heterocycles. The summed E-state index contributed by atoms with van der Waals surface area (Å²) in [7, 11) is 0. The summed E-state index contributed by atoms with van der Waals surface area (Å²) >= 11 is 0. The average molecular weight is 351 g/mol. The minimum absolute atomic E-state index is 0.125. The maximum Gasteiger partial charge on any atom is 0.267 e. The number of nitrogens with zero attached hydrogens (tertiary/aromatic N) is 3. The molecule has 0 saturated heterocycles. The van der Waals surface area contributed by atoms with Crippen LogP contribution in [0.5, 0.6) is 0 Å². The van der Waals surface area contributed by atoms with E-state index >= 15 is 0 Å². The number of pyridine rings is 1. The fourth-order valence-corrected chi connectivity index (χ4v) is 4.32. The highest BCUT2D eigenvalue weighted by Gasteiger charge is 2.26. The number of fused-ring (bicyclic) bond motifs is 2. The lowest BCUT2D eigenvalue weighted by Crippen LogP contribution is -2.33. The first-order valence-corrected chi connectivity index (χ1v) is 9.62. The SMILES string of the molecule is CCn1c2ccccc2c(=O)c2c(=O)n(C3CCCC3)c(C(C)C)nc21. The molecule has 1 saturated carbocycles. The Kier molecular flexibility index (Phi) is 4.17. The molecule has 4 rings (SSSR count). The van der Waals surface area contributed by atoms with Crippen LogP contribution >= 0.6 is 0 Å². The zero-order valence-corrected chi connectivity index (χ0v) is 15.7. The molecule has 5 nitrogen and oxygen atoms in total. The van der Waals surface area contributed by atoms with Gasteiger partial charge in [-0.3, -0.25) is 14.2 Å². The highest BCUT2D eigenvalue weighted by molar-refractivity contribution is 5.91. The quantitative estimate of drug-likeness (QED) is 0.671. The Morgan fingerprint density at radius 3 is 2.50 bits per heavy atom. The van der Waals surface area contributed by atoms with Crippen molar-refractivity contribution in [2.45, 2.75) is 65.0 Å². The first kappa shape index (κ1) is 17.0. The van der Waals surface area contributed by atoms with Gasteiger partial charge >= 0.3 is 0 Å². The molecule has 26 heavy (non-hydrogen) atoms. The number of para-hydroxylation sites is 1. The van der Waals surface area contributed by atoms with Gasteiger partial charge < -0.3 is 4.57 Å². The summed E-state index contributed by atoms with van der Waals surface area (Å²) in [5.74, 6) is 0.922. The van der Waals surface area contributed by atoms with Crippen molar-refractivity contribution in [3.63, 3.8) is 0 Å². The van der Waals surface area contributed by atoms with E-state index in [1.807, 2.05) is 34.3 Å². The Labute approximate surface area is 152 Å². The van der Waals surface area contributed by atoms with Crippen molar-refractivity contribution in [3.8, 4) is 0 Å². The van der Waals surface area contributed by atoms with Crippen LogP contribution < -0.4 is 11.0 Å². The molecule has 136 valence electrons. The van der Waals surface area contributed by atoms with E-state index < -0.39 is 0 Å². The van der Waals surface area contributed by atoms with Gasteiger partial charge in [0.2, 0.25) is 5.43 Å². The van der Waals surface area contributed by atoms with Crippen molar-refractivity contribution >= 4 is 21.9 Å². The lowest BCUT2D eigenvalue weighted by molar-refractivity contribution is 0.464. The zero-order chi connectivity index (χ0) is 18.4. The molecule has 3 aromatic rings. The molecule has 1 aromatic carbocycles. The van der Waals surface area contributed by atoms with Gasteiger partial charge in [-0.2, -0.15) is 0 Å². The van der Waals surface area contributed by atoms with Crippen molar-refractivity contribution in [3.05, 3.63) is 50.7 Å². The Hall–Kier alpha value is -2.43. The molecule has 1 aliphatic carbocycles. The van der Waals surface area contributed by atoms with Crippen LogP contribution in [0.25, 0.3) is 21.9 Å². The fraction of sp³-hybridized carbons (Fsp3) is 0.476. The minimum Gasteiger partial charge on any atom is -0.325 e. The predicted octanol–water partition coefficient (Wildman–Crippen LogP) is 3.97. The maximum atomic E-state index is 13.5. The molecule has 0 unspecified atom stereocenters. The smallest absolute Gasteiger partial charge is 0.267 e. The Bertz CT molecular complexity index is 1100. The highest BCUT2D eigenvalue weighted by atomic mass is 16.1. The van der Waals surface area contributed by atoms with Crippen molar-refractivity contribution in [1.82, 2.24) is 14.1 Å². The first-order valence-electron chi connectivity index (χ1n) is 9.62. The van der Waals surface area contributed by atoms with Crippen LogP contribution in [0.3, 0.4) is 0 Å². The average Bonchev–Trinajstić information content (AvgIpc) is 3.15. The van der Waals surface area contributed by atoms with Crippen molar-refractivity contribution in [1.29, 1.82) is 0 Å². The van der Waals surface area contributed by atoms with Gasteiger partial charge in [0.25, 0.3) is 5.56 Å². The van der Waals surface area contributed by atoms with Gasteiger partial charge in [-0.05, 0) is 31.9 Å². The van der Waals surface area contributed by atoms with Gasteiger partial charge in [0.1, 0.15) is 11.2 Å². The number of hydrogen-bond donors (Lipinski definition) is 0. The van der Waals surface area contributed by atoms with Gasteiger partial charge in [-0.1, -0.05) is 38.8 Å². The van der Waals surface area contributed by atoms with Gasteiger partial charge in [0.05, 0.1) is 5.52 Å². The summed E-state index contributed by atoms with van der Waals surface area (Å²) in [6, 6.07) is 7.67. The van der Waals surface area contributed by atoms with Crippen LogP contribution in [0.1, 0.15) is 64.2 Å². The third-order valence-corrected chi connectivity index (χ3v) is 5.57. The van der Waals surface area contributed by atoms with E-state index in [4.69, 9.17) is 4.98 Å². The largest absolute Gasteiger partial charge is 0.325 e. The normalized spacial score (nSPS) is 15.5. The van der Waals surface area contributed by atoms with Gasteiger partial charge in [0.15, 0.2) is 5.65 Å². The van der Waals surface area contributed by atoms with Crippen LogP contribution in [-0.2, 0) is 6.54 Å². The fourth-order valence-electron chi connectivity index (χ4n) is 4.32. The van der Waals surface area contributed by atoms with E-state index in [9.17, 15) is 9.59 Å². The van der Waals surface area contributed by atoms with Crippen molar-refractivity contribution < 1.29 is 0 Å². The van der Waals surface area contributed by atoms with E-state index in [0.717, 1.165) is 37.0 Å². The number of aromatic nitrogens is 3. The van der Waals surface area contributed by atoms with Crippen molar-refractivity contribution in [2.75, 3.05) is 0 Å². The number of aryl methyl sites for hydroxylation is 1. The summed E-state index contributed by atoms with van der Waals surface area (Å²) in [5.41, 5.74) is 1.01. The molecule has 0 radical (unpaired) electrons. The van der Waals surface area contributed by atoms with Gasteiger partial charge in [0, 0.05) is 23.9 Å². The van der Waals surface area contributed by atoms with Crippen LogP contribution in [0.2, 0.25) is 0 Å². The molecule has 2 heterocycles. The monoisotopic (exact) mass is 351 g/mol. The molecule has 0 spiro atoms. The number of benzene rings is 1. The molecule has 0 aliphatic heterocycles. The summed E-state index contributed by atoms with van der Waals surface area (Å²) in [5, 5.41) is 0.831. The second-order valence-corrected chi connectivity index (χ2v) is 7.53. The summed E-state index contributed by atoms with van der Waals surface area (Å²) in [4.78, 5) is 31.5. The third-order valence-electron chi connectivity index (χ3n) is 5.57. The lowest BCUT2D eigenvalue weighted by atomic mass is 10.1. The standard InChI is InChI=1S/C21H25N3O2/c1-4-23-16-12-8-7-11-15(16)18(25)17-20(23)22-19(13(2)3)24(21(17)26)14-9-5-6-10-14/h7-8,11-14H,4-6,9-10H2,1-3H3. The van der Waals surface area contributed by atoms with Crippen LogP contribution in [0, 0.1) is 0 Å². The van der Waals surface area contributed by atoms with E-state index in [-0.39, 0.29) is 28.3 Å². The molecule has 5 heteroatoms. The number of rotatable bonds is 3. The van der Waals surface area contributed by atoms with Crippen LogP contribution in [0.4, 0.5) is 0 Å². The number of hydrogen-bond acceptors (Lipinski definition) is 3. The Morgan fingerprint density at radius 1 is 1.15 bits per heavy atom. The predicted molar refractivity (Wildman–Crippen MR) is 105 cm³/mol. The van der Waals surface area contributed by atoms with Crippen LogP contribution in [0.15, 0.2) is 33.9 Å². The Morgan fingerprint density at radius 2 is 1.85 bits per heavy atom. The summed E-state index contributed by atoms with van der Waals surface area (Å²) in [6.07, 6.45) is 4.23. The molecule has 0 amide bonds. The minimum atomic E-state index is -0.195. The maximum absolute atomic E-state index is 13.5. The Balaban J connectivity index is 2.22. The zero-order valence-electron chi connectivity index (χ0n) is 15.7.